The van der Waals surface area contributed by atoms with Gasteiger partial charge in [-0.25, -0.2) is 0 Å². The van der Waals surface area contributed by atoms with Crippen LogP contribution in [0, 0.1) is 23.7 Å². The molecule has 0 aliphatic heterocycles. The molecule has 8 atom stereocenters. The molecule has 0 fully saturated rings. The van der Waals surface area contributed by atoms with Crippen LogP contribution in [0.5, 0.6) is 46.0 Å². The van der Waals surface area contributed by atoms with Gasteiger partial charge in [-0.2, -0.15) is 0 Å². The highest BCUT2D eigenvalue weighted by molar-refractivity contribution is 5.62. The summed E-state index contributed by atoms with van der Waals surface area (Å²) in [7, 11) is 0. The fourth-order valence-electron chi connectivity index (χ4n) is 13.9. The summed E-state index contributed by atoms with van der Waals surface area (Å²) in [6.07, 6.45) is 35.0. The van der Waals surface area contributed by atoms with Crippen molar-refractivity contribution in [3.63, 3.8) is 0 Å². The van der Waals surface area contributed by atoms with Gasteiger partial charge in [0.15, 0.2) is 0 Å². The fraction of sp³-hybridized carbons (Fsp3) is 0.667. The van der Waals surface area contributed by atoms with E-state index < -0.39 is 23.7 Å². The number of hydrogen-bond donors (Lipinski definition) is 8. The third-order valence-corrected chi connectivity index (χ3v) is 18.7. The first-order chi connectivity index (χ1) is 38.6. The highest BCUT2D eigenvalue weighted by Crippen LogP contribution is 2.55. The van der Waals surface area contributed by atoms with Crippen LogP contribution in [0.1, 0.15) is 329 Å². The van der Waals surface area contributed by atoms with E-state index >= 15 is 0 Å². The largest absolute Gasteiger partial charge is 0.508 e. The van der Waals surface area contributed by atoms with Crippen molar-refractivity contribution in [1.82, 2.24) is 0 Å². The molecule has 8 N–H and O–H groups in total. The van der Waals surface area contributed by atoms with E-state index in [1.165, 1.54) is 127 Å². The van der Waals surface area contributed by atoms with Crippen molar-refractivity contribution in [3.8, 4) is 46.0 Å². The lowest BCUT2D eigenvalue weighted by Gasteiger charge is -2.34. The van der Waals surface area contributed by atoms with E-state index in [1.807, 2.05) is 24.3 Å². The second-order valence-electron chi connectivity index (χ2n) is 25.3. The second kappa shape index (κ2) is 34.7. The van der Waals surface area contributed by atoms with E-state index in [4.69, 9.17) is 0 Å². The molecule has 0 aromatic heterocycles. The summed E-state index contributed by atoms with van der Waals surface area (Å²) in [5, 5.41) is 98.7. The van der Waals surface area contributed by atoms with Crippen molar-refractivity contribution in [1.29, 1.82) is 0 Å². The van der Waals surface area contributed by atoms with Crippen molar-refractivity contribution < 1.29 is 40.9 Å². The number of unbranched alkanes of at least 4 members (excludes halogenated alkanes) is 24. The average Bonchev–Trinajstić information content (AvgIpc) is 3.42. The summed E-state index contributed by atoms with van der Waals surface area (Å²) in [5.41, 5.74) is 4.35. The molecule has 80 heavy (non-hydrogen) atoms. The average molecular weight is 1110 g/mol. The van der Waals surface area contributed by atoms with Crippen molar-refractivity contribution in [2.45, 2.75) is 285 Å². The molecule has 5 rings (SSSR count). The van der Waals surface area contributed by atoms with Crippen LogP contribution in [0.25, 0.3) is 0 Å². The Hall–Kier alpha value is -4.72. The van der Waals surface area contributed by atoms with Gasteiger partial charge in [0.2, 0.25) is 0 Å². The SMILES string of the molecule is CCCCCCCCCC(C)C1c2cc(c(O)cc2O)C(C(C)CCCCCCCCC)c2cc(c(O)cc2O)C([C@H](C)CCCCCCCCC)c2cc(c(O)cc2O)C([C@H](C)CCCCCCCCC)c2cc1c(O)cc2O. The van der Waals surface area contributed by atoms with Gasteiger partial charge in [0.05, 0.1) is 0 Å². The topological polar surface area (TPSA) is 162 Å². The quantitative estimate of drug-likeness (QED) is 0.0209. The summed E-state index contributed by atoms with van der Waals surface area (Å²) < 4.78 is 0. The monoisotopic (exact) mass is 1100 g/mol. The molecule has 0 heterocycles. The molecule has 8 nitrogen and oxygen atoms in total. The lowest BCUT2D eigenvalue weighted by molar-refractivity contribution is 0.377. The van der Waals surface area contributed by atoms with Crippen LogP contribution in [0.4, 0.5) is 0 Å². The molecule has 4 aromatic rings. The molecule has 0 saturated carbocycles. The minimum Gasteiger partial charge on any atom is -0.508 e. The Morgan fingerprint density at radius 3 is 0.512 bits per heavy atom. The predicted octanol–water partition coefficient (Wildman–Crippen LogP) is 21.3. The number of aromatic hydroxyl groups is 8. The Bertz CT molecular complexity index is 1990. The zero-order valence-electron chi connectivity index (χ0n) is 51.4. The van der Waals surface area contributed by atoms with Gasteiger partial charge in [0, 0.05) is 92.4 Å². The number of hydrogen-bond acceptors (Lipinski definition) is 8. The van der Waals surface area contributed by atoms with E-state index in [1.54, 1.807) is 0 Å². The number of fused-ring (bicyclic) bond motifs is 8. The van der Waals surface area contributed by atoms with Crippen LogP contribution in [0.2, 0.25) is 0 Å². The number of rotatable bonds is 36. The molecular formula is C72H112O8. The van der Waals surface area contributed by atoms with Gasteiger partial charge in [-0.15, -0.1) is 0 Å². The minimum atomic E-state index is -0.593. The molecule has 448 valence electrons. The van der Waals surface area contributed by atoms with Gasteiger partial charge in [-0.1, -0.05) is 235 Å². The van der Waals surface area contributed by atoms with E-state index in [-0.39, 0.29) is 69.7 Å². The van der Waals surface area contributed by atoms with Crippen molar-refractivity contribution >= 4 is 0 Å². The Morgan fingerprint density at radius 2 is 0.362 bits per heavy atom. The number of phenolic OH excluding ortho intramolecular Hbond substituents is 8. The molecular weight excluding hydrogens is 993 g/mol. The second-order valence-corrected chi connectivity index (χ2v) is 25.3. The maximum absolute atomic E-state index is 12.3. The Balaban J connectivity index is 1.82. The Morgan fingerprint density at radius 1 is 0.225 bits per heavy atom. The molecule has 0 spiro atoms. The van der Waals surface area contributed by atoms with Crippen LogP contribution >= 0.6 is 0 Å². The molecule has 1 aliphatic rings. The number of benzene rings is 4. The van der Waals surface area contributed by atoms with Crippen molar-refractivity contribution in [3.05, 3.63) is 93.0 Å². The third kappa shape index (κ3) is 18.6. The molecule has 8 bridgehead atoms. The van der Waals surface area contributed by atoms with Gasteiger partial charge < -0.3 is 40.9 Å². The van der Waals surface area contributed by atoms with Crippen molar-refractivity contribution in [2.75, 3.05) is 0 Å². The van der Waals surface area contributed by atoms with E-state index in [0.717, 1.165) is 103 Å². The standard InChI is InChI=1S/C72H112O8/c1-9-13-17-21-25-29-33-37-49(5)69-53-41-55(63(75)45-61(53)73)70(50(6)38-34-30-26-22-18-14-10-2)57-43-59(67(79)47-65(57)77)72(52(8)40-36-32-28-24-20-16-12-4)60-44-58(66(78)48-68(60)80)71(56-42-54(69)62(74)46-64(56)76)51(7)39-35-31-27-23-19-15-11-3/h41-52,69-80H,9-40H2,1-8H3/t49-,50-,51?,52?,69?,70?,71?,72?/m1/s1. The molecule has 6 unspecified atom stereocenters. The molecule has 0 saturated heterocycles. The molecule has 0 amide bonds. The van der Waals surface area contributed by atoms with E-state index in [9.17, 15) is 40.9 Å². The molecule has 4 aromatic carbocycles. The van der Waals surface area contributed by atoms with Crippen molar-refractivity contribution in [2.24, 2.45) is 23.7 Å². The van der Waals surface area contributed by atoms with Gasteiger partial charge >= 0.3 is 0 Å². The van der Waals surface area contributed by atoms with Crippen LogP contribution in [-0.2, 0) is 0 Å². The maximum atomic E-state index is 12.3. The third-order valence-electron chi connectivity index (χ3n) is 18.7. The highest BCUT2D eigenvalue weighted by atomic mass is 16.3. The summed E-state index contributed by atoms with van der Waals surface area (Å²) in [6, 6.07) is 13.4. The highest BCUT2D eigenvalue weighted by Gasteiger charge is 2.38. The summed E-state index contributed by atoms with van der Waals surface area (Å²) in [6.45, 7) is 17.6. The van der Waals surface area contributed by atoms with Gasteiger partial charge in [-0.05, 0) is 73.6 Å². The summed E-state index contributed by atoms with van der Waals surface area (Å²) in [4.78, 5) is 0. The van der Waals surface area contributed by atoms with Crippen LogP contribution in [-0.4, -0.2) is 40.9 Å². The molecule has 0 radical (unpaired) electrons. The van der Waals surface area contributed by atoms with Gasteiger partial charge in [0.25, 0.3) is 0 Å². The van der Waals surface area contributed by atoms with Crippen LogP contribution in [0.15, 0.2) is 48.5 Å². The smallest absolute Gasteiger partial charge is 0.123 e. The summed E-state index contributed by atoms with van der Waals surface area (Å²) >= 11 is 0. The zero-order chi connectivity index (χ0) is 58.1. The number of phenols is 8. The van der Waals surface area contributed by atoms with Crippen LogP contribution in [0.3, 0.4) is 0 Å². The van der Waals surface area contributed by atoms with Gasteiger partial charge in [0.1, 0.15) is 46.0 Å². The van der Waals surface area contributed by atoms with Gasteiger partial charge in [-0.3, -0.25) is 0 Å². The fourth-order valence-corrected chi connectivity index (χ4v) is 13.9. The van der Waals surface area contributed by atoms with E-state index in [2.05, 4.69) is 55.4 Å². The Kier molecular flexibility index (Phi) is 28.6. The van der Waals surface area contributed by atoms with E-state index in [0.29, 0.717) is 44.5 Å². The predicted molar refractivity (Wildman–Crippen MR) is 334 cm³/mol. The summed E-state index contributed by atoms with van der Waals surface area (Å²) in [5.74, 6) is -3.66. The first-order valence-corrected chi connectivity index (χ1v) is 32.8. The zero-order valence-corrected chi connectivity index (χ0v) is 51.4. The lowest BCUT2D eigenvalue weighted by Crippen LogP contribution is -2.19. The Labute approximate surface area is 485 Å². The first kappa shape index (κ1) is 66.1. The first-order valence-electron chi connectivity index (χ1n) is 32.8. The normalized spacial score (nSPS) is 17.8. The van der Waals surface area contributed by atoms with Crippen LogP contribution < -0.4 is 0 Å². The molecule has 8 heteroatoms. The maximum Gasteiger partial charge on any atom is 0.123 e. The molecule has 1 aliphatic carbocycles. The lowest BCUT2D eigenvalue weighted by atomic mass is 9.71. The minimum absolute atomic E-state index is 0.101.